The molecule has 2 unspecified atom stereocenters. The average Bonchev–Trinajstić information content (AvgIpc) is 2.82. The lowest BCUT2D eigenvalue weighted by Gasteiger charge is -2.24. The van der Waals surface area contributed by atoms with Crippen molar-refractivity contribution in [1.29, 1.82) is 0 Å². The minimum atomic E-state index is -0.581. The Balaban J connectivity index is 2.06. The summed E-state index contributed by atoms with van der Waals surface area (Å²) in [6.45, 7) is 6.24. The van der Waals surface area contributed by atoms with Crippen LogP contribution in [0.15, 0.2) is 12.3 Å². The lowest BCUT2D eigenvalue weighted by Crippen LogP contribution is -2.35. The third kappa shape index (κ3) is 3.07. The highest BCUT2D eigenvalue weighted by Gasteiger charge is 2.38. The number of likely N-dealkylation sites (tertiary alicyclic amines) is 1. The van der Waals surface area contributed by atoms with Gasteiger partial charge in [0.1, 0.15) is 5.60 Å². The predicted octanol–water partition coefficient (Wildman–Crippen LogP) is 1.12. The first-order valence-corrected chi connectivity index (χ1v) is 6.42. The Labute approximate surface area is 113 Å². The molecule has 1 N–H and O–H groups in total. The lowest BCUT2D eigenvalue weighted by atomic mass is 10.0. The molecule has 2 atom stereocenters. The maximum absolute atomic E-state index is 12.0. The van der Waals surface area contributed by atoms with E-state index in [2.05, 4.69) is 5.10 Å². The van der Waals surface area contributed by atoms with Crippen molar-refractivity contribution in [3.05, 3.63) is 18.0 Å². The summed E-state index contributed by atoms with van der Waals surface area (Å²) in [6, 6.07) is 1.87. The molecule has 2 heterocycles. The lowest BCUT2D eigenvalue weighted by molar-refractivity contribution is 0.0270. The van der Waals surface area contributed by atoms with Gasteiger partial charge in [0.15, 0.2) is 0 Å². The summed E-state index contributed by atoms with van der Waals surface area (Å²) in [4.78, 5) is 13.5. The number of carbonyl (C=O) groups is 1. The smallest absolute Gasteiger partial charge is 0.410 e. The minimum absolute atomic E-state index is 0.111. The number of amides is 1. The molecule has 0 aliphatic carbocycles. The second-order valence-electron chi connectivity index (χ2n) is 5.94. The van der Waals surface area contributed by atoms with E-state index in [4.69, 9.17) is 4.74 Å². The maximum Gasteiger partial charge on any atom is 0.410 e. The molecule has 1 aliphatic rings. The molecule has 106 valence electrons. The minimum Gasteiger partial charge on any atom is -0.444 e. The number of nitrogens with zero attached hydrogens (tertiary/aromatic N) is 3. The van der Waals surface area contributed by atoms with E-state index in [0.717, 1.165) is 5.69 Å². The topological polar surface area (TPSA) is 67.6 Å². The summed E-state index contributed by atoms with van der Waals surface area (Å²) in [7, 11) is 1.83. The summed E-state index contributed by atoms with van der Waals surface area (Å²) >= 11 is 0. The monoisotopic (exact) mass is 267 g/mol. The molecule has 0 aromatic carbocycles. The van der Waals surface area contributed by atoms with Crippen molar-refractivity contribution >= 4 is 6.09 Å². The summed E-state index contributed by atoms with van der Waals surface area (Å²) in [5.74, 6) is -0.111. The zero-order valence-corrected chi connectivity index (χ0v) is 11.8. The number of hydrogen-bond donors (Lipinski definition) is 1. The van der Waals surface area contributed by atoms with Crippen LogP contribution in [0.4, 0.5) is 4.79 Å². The van der Waals surface area contributed by atoms with Crippen LogP contribution in [0.1, 0.15) is 32.4 Å². The fourth-order valence-electron chi connectivity index (χ4n) is 2.30. The molecule has 0 spiro atoms. The number of hydrogen-bond acceptors (Lipinski definition) is 4. The summed E-state index contributed by atoms with van der Waals surface area (Å²) in [5, 5.41) is 14.2. The van der Waals surface area contributed by atoms with E-state index in [9.17, 15) is 9.90 Å². The SMILES string of the molecule is Cn1nccc1C1CN(C(=O)OC(C)(C)C)CC1O. The zero-order valence-electron chi connectivity index (χ0n) is 11.8. The third-order valence-electron chi connectivity index (χ3n) is 3.18. The number of ether oxygens (including phenoxy) is 1. The molecule has 0 saturated carbocycles. The number of aliphatic hydroxyl groups is 1. The van der Waals surface area contributed by atoms with Crippen molar-refractivity contribution < 1.29 is 14.6 Å². The van der Waals surface area contributed by atoms with Crippen LogP contribution in [0.3, 0.4) is 0 Å². The average molecular weight is 267 g/mol. The third-order valence-corrected chi connectivity index (χ3v) is 3.18. The van der Waals surface area contributed by atoms with E-state index >= 15 is 0 Å². The van der Waals surface area contributed by atoms with Crippen LogP contribution >= 0.6 is 0 Å². The fourth-order valence-corrected chi connectivity index (χ4v) is 2.30. The van der Waals surface area contributed by atoms with Crippen LogP contribution in [0.25, 0.3) is 0 Å². The second-order valence-corrected chi connectivity index (χ2v) is 5.94. The standard InChI is InChI=1S/C13H21N3O3/c1-13(2,3)19-12(18)16-7-9(11(17)8-16)10-5-6-14-15(10)4/h5-6,9,11,17H,7-8H2,1-4H3. The molecular formula is C13H21N3O3. The van der Waals surface area contributed by atoms with Crippen molar-refractivity contribution in [2.24, 2.45) is 7.05 Å². The number of aromatic nitrogens is 2. The van der Waals surface area contributed by atoms with Crippen molar-refractivity contribution in [3.63, 3.8) is 0 Å². The molecular weight excluding hydrogens is 246 g/mol. The van der Waals surface area contributed by atoms with Crippen molar-refractivity contribution in [2.45, 2.75) is 38.4 Å². The first kappa shape index (κ1) is 13.9. The molecule has 6 heteroatoms. The number of aliphatic hydroxyl groups excluding tert-OH is 1. The van der Waals surface area contributed by atoms with Gasteiger partial charge >= 0.3 is 6.09 Å². The van der Waals surface area contributed by atoms with Gasteiger partial charge in [0.05, 0.1) is 12.6 Å². The summed E-state index contributed by atoms with van der Waals surface area (Å²) in [6.07, 6.45) is 0.734. The number of carbonyl (C=O) groups excluding carboxylic acids is 1. The molecule has 1 aromatic rings. The maximum atomic E-state index is 12.0. The van der Waals surface area contributed by atoms with E-state index in [1.807, 2.05) is 33.9 Å². The Hall–Kier alpha value is -1.56. The Bertz CT molecular complexity index is 464. The Morgan fingerprint density at radius 2 is 2.16 bits per heavy atom. The molecule has 2 rings (SSSR count). The second kappa shape index (κ2) is 4.85. The van der Waals surface area contributed by atoms with Crippen LogP contribution in [-0.2, 0) is 11.8 Å². The Kier molecular flexibility index (Phi) is 3.54. The first-order valence-electron chi connectivity index (χ1n) is 6.42. The zero-order chi connectivity index (χ0) is 14.2. The van der Waals surface area contributed by atoms with Crippen molar-refractivity contribution in [2.75, 3.05) is 13.1 Å². The molecule has 0 radical (unpaired) electrons. The summed E-state index contributed by atoms with van der Waals surface area (Å²) in [5.41, 5.74) is 0.408. The van der Waals surface area contributed by atoms with Gasteiger partial charge in [0.2, 0.25) is 0 Å². The molecule has 1 fully saturated rings. The largest absolute Gasteiger partial charge is 0.444 e. The molecule has 6 nitrogen and oxygen atoms in total. The highest BCUT2D eigenvalue weighted by atomic mass is 16.6. The van der Waals surface area contributed by atoms with Gasteiger partial charge in [0, 0.05) is 31.4 Å². The number of rotatable bonds is 1. The summed E-state index contributed by atoms with van der Waals surface area (Å²) < 4.78 is 7.05. The van der Waals surface area contributed by atoms with Gasteiger partial charge in [-0.2, -0.15) is 5.10 Å². The van der Waals surface area contributed by atoms with E-state index in [1.165, 1.54) is 0 Å². The van der Waals surface area contributed by atoms with Crippen LogP contribution in [0, 0.1) is 0 Å². The van der Waals surface area contributed by atoms with Crippen LogP contribution in [0.5, 0.6) is 0 Å². The van der Waals surface area contributed by atoms with Crippen molar-refractivity contribution in [3.8, 4) is 0 Å². The van der Waals surface area contributed by atoms with Gasteiger partial charge in [0.25, 0.3) is 0 Å². The quantitative estimate of drug-likeness (QED) is 0.828. The van der Waals surface area contributed by atoms with Crippen LogP contribution < -0.4 is 0 Å². The van der Waals surface area contributed by atoms with Gasteiger partial charge in [-0.3, -0.25) is 4.68 Å². The molecule has 1 amide bonds. The van der Waals surface area contributed by atoms with Gasteiger partial charge in [-0.05, 0) is 26.8 Å². The normalized spacial score (nSPS) is 23.7. The highest BCUT2D eigenvalue weighted by molar-refractivity contribution is 5.68. The molecule has 0 bridgehead atoms. The fraction of sp³-hybridized carbons (Fsp3) is 0.692. The molecule has 1 aromatic heterocycles. The van der Waals surface area contributed by atoms with E-state index in [-0.39, 0.29) is 12.0 Å². The molecule has 1 aliphatic heterocycles. The highest BCUT2D eigenvalue weighted by Crippen LogP contribution is 2.28. The van der Waals surface area contributed by atoms with E-state index < -0.39 is 11.7 Å². The van der Waals surface area contributed by atoms with Crippen molar-refractivity contribution in [1.82, 2.24) is 14.7 Å². The molecule has 19 heavy (non-hydrogen) atoms. The Morgan fingerprint density at radius 3 is 2.68 bits per heavy atom. The predicted molar refractivity (Wildman–Crippen MR) is 69.8 cm³/mol. The van der Waals surface area contributed by atoms with Gasteiger partial charge in [-0.15, -0.1) is 0 Å². The van der Waals surface area contributed by atoms with Crippen LogP contribution in [0.2, 0.25) is 0 Å². The number of aryl methyl sites for hydroxylation is 1. The van der Waals surface area contributed by atoms with Gasteiger partial charge < -0.3 is 14.7 Å². The van der Waals surface area contributed by atoms with E-state index in [1.54, 1.807) is 15.8 Å². The Morgan fingerprint density at radius 1 is 1.47 bits per heavy atom. The number of β-amino-alcohol motifs (C(OH)–C–C–N with tert-alkyl or cyclic N) is 1. The van der Waals surface area contributed by atoms with Gasteiger partial charge in [-0.1, -0.05) is 0 Å². The van der Waals surface area contributed by atoms with E-state index in [0.29, 0.717) is 13.1 Å². The first-order chi connectivity index (χ1) is 8.78. The molecule has 1 saturated heterocycles. The van der Waals surface area contributed by atoms with Crippen LogP contribution in [-0.4, -0.2) is 50.7 Å². The van der Waals surface area contributed by atoms with Gasteiger partial charge in [-0.25, -0.2) is 4.79 Å².